The van der Waals surface area contributed by atoms with Gasteiger partial charge in [0.25, 0.3) is 5.91 Å². The maximum absolute atomic E-state index is 12.0. The third kappa shape index (κ3) is 2.41. The molecule has 94 valence electrons. The zero-order valence-electron chi connectivity index (χ0n) is 9.99. The fourth-order valence-corrected chi connectivity index (χ4v) is 2.20. The van der Waals surface area contributed by atoms with Crippen molar-refractivity contribution in [2.24, 2.45) is 0 Å². The fraction of sp³-hybridized carbons (Fsp3) is 0.0833. The second-order valence-corrected chi connectivity index (χ2v) is 5.09. The molecule has 1 N–H and O–H groups in total. The molecule has 1 aromatic carbocycles. The standard InChI is InChI=1S/C12H9N5OS/c1-7-6-13-12(19-7)15-11(18)10-14-8-4-2-3-5-9(8)16-17-10/h2-6H,1H3,(H,13,15,18). The van der Waals surface area contributed by atoms with Gasteiger partial charge in [0.1, 0.15) is 5.52 Å². The summed E-state index contributed by atoms with van der Waals surface area (Å²) >= 11 is 1.40. The largest absolute Gasteiger partial charge is 0.297 e. The maximum atomic E-state index is 12.0. The molecule has 3 rings (SSSR count). The molecular formula is C12H9N5OS. The van der Waals surface area contributed by atoms with Gasteiger partial charge in [-0.15, -0.1) is 21.5 Å². The molecule has 0 saturated carbocycles. The number of carbonyl (C=O) groups excluding carboxylic acids is 1. The summed E-state index contributed by atoms with van der Waals surface area (Å²) in [5.74, 6) is -0.376. The molecule has 19 heavy (non-hydrogen) atoms. The van der Waals surface area contributed by atoms with Crippen molar-refractivity contribution in [2.45, 2.75) is 6.92 Å². The number of fused-ring (bicyclic) bond motifs is 1. The van der Waals surface area contributed by atoms with Gasteiger partial charge in [0.15, 0.2) is 5.13 Å². The number of aryl methyl sites for hydroxylation is 1. The lowest BCUT2D eigenvalue weighted by Gasteiger charge is -2.00. The number of nitrogens with one attached hydrogen (secondary N) is 1. The van der Waals surface area contributed by atoms with Gasteiger partial charge in [0.05, 0.1) is 5.52 Å². The number of hydrogen-bond donors (Lipinski definition) is 1. The first-order chi connectivity index (χ1) is 9.22. The number of para-hydroxylation sites is 1. The van der Waals surface area contributed by atoms with Gasteiger partial charge in [-0.1, -0.05) is 12.1 Å². The van der Waals surface area contributed by atoms with E-state index >= 15 is 0 Å². The highest BCUT2D eigenvalue weighted by atomic mass is 32.1. The molecule has 6 nitrogen and oxygen atoms in total. The highest BCUT2D eigenvalue weighted by Crippen LogP contribution is 2.17. The summed E-state index contributed by atoms with van der Waals surface area (Å²) in [5.41, 5.74) is 1.29. The Balaban J connectivity index is 1.89. The molecule has 0 radical (unpaired) electrons. The van der Waals surface area contributed by atoms with E-state index in [0.717, 1.165) is 4.88 Å². The molecule has 0 fully saturated rings. The Morgan fingerprint density at radius 3 is 2.74 bits per heavy atom. The van der Waals surface area contributed by atoms with Crippen LogP contribution < -0.4 is 5.32 Å². The van der Waals surface area contributed by atoms with Crippen LogP contribution in [0.5, 0.6) is 0 Å². The third-order valence-electron chi connectivity index (χ3n) is 2.41. The van der Waals surface area contributed by atoms with E-state index in [9.17, 15) is 4.79 Å². The van der Waals surface area contributed by atoms with Gasteiger partial charge in [0, 0.05) is 11.1 Å². The average molecular weight is 271 g/mol. The van der Waals surface area contributed by atoms with Crippen molar-refractivity contribution in [2.75, 3.05) is 5.32 Å². The number of amides is 1. The molecule has 2 aromatic heterocycles. The first-order valence-electron chi connectivity index (χ1n) is 5.55. The number of hydrogen-bond acceptors (Lipinski definition) is 6. The van der Waals surface area contributed by atoms with Crippen LogP contribution in [0.2, 0.25) is 0 Å². The van der Waals surface area contributed by atoms with Crippen LogP contribution in [0.4, 0.5) is 5.13 Å². The molecule has 0 aliphatic rings. The lowest BCUT2D eigenvalue weighted by atomic mass is 10.3. The molecule has 0 aliphatic carbocycles. The lowest BCUT2D eigenvalue weighted by molar-refractivity contribution is 0.101. The van der Waals surface area contributed by atoms with Gasteiger partial charge in [-0.2, -0.15) is 0 Å². The summed E-state index contributed by atoms with van der Waals surface area (Å²) in [6.07, 6.45) is 1.69. The summed E-state index contributed by atoms with van der Waals surface area (Å²) in [6.45, 7) is 1.92. The molecule has 0 spiro atoms. The number of aromatic nitrogens is 4. The first kappa shape index (κ1) is 11.7. The number of anilines is 1. The zero-order chi connectivity index (χ0) is 13.2. The van der Waals surface area contributed by atoms with Crippen molar-refractivity contribution in [3.63, 3.8) is 0 Å². The van der Waals surface area contributed by atoms with E-state index in [2.05, 4.69) is 25.5 Å². The fourth-order valence-electron chi connectivity index (χ4n) is 1.54. The van der Waals surface area contributed by atoms with E-state index in [-0.39, 0.29) is 5.82 Å². The van der Waals surface area contributed by atoms with Crippen LogP contribution in [0.25, 0.3) is 11.0 Å². The minimum Gasteiger partial charge on any atom is -0.295 e. The van der Waals surface area contributed by atoms with Crippen molar-refractivity contribution < 1.29 is 4.79 Å². The van der Waals surface area contributed by atoms with E-state index in [1.165, 1.54) is 11.3 Å². The molecule has 1 amide bonds. The second kappa shape index (κ2) is 4.69. The Hall–Kier alpha value is -2.41. The average Bonchev–Trinajstić information content (AvgIpc) is 2.83. The zero-order valence-corrected chi connectivity index (χ0v) is 10.8. The molecule has 7 heteroatoms. The third-order valence-corrected chi connectivity index (χ3v) is 3.23. The van der Waals surface area contributed by atoms with Crippen LogP contribution in [0.3, 0.4) is 0 Å². The monoisotopic (exact) mass is 271 g/mol. The molecule has 0 atom stereocenters. The summed E-state index contributed by atoms with van der Waals surface area (Å²) in [5, 5.41) is 10.9. The molecule has 0 aliphatic heterocycles. The molecule has 0 saturated heterocycles. The van der Waals surface area contributed by atoms with Gasteiger partial charge >= 0.3 is 0 Å². The SMILES string of the molecule is Cc1cnc(NC(=O)c2nnc3ccccc3n2)s1. The van der Waals surface area contributed by atoms with Crippen LogP contribution in [-0.2, 0) is 0 Å². The van der Waals surface area contributed by atoms with E-state index < -0.39 is 5.91 Å². The molecule has 2 heterocycles. The smallest absolute Gasteiger partial charge is 0.295 e. The molecule has 0 unspecified atom stereocenters. The van der Waals surface area contributed by atoms with E-state index in [0.29, 0.717) is 16.2 Å². The van der Waals surface area contributed by atoms with Gasteiger partial charge in [-0.3, -0.25) is 10.1 Å². The van der Waals surface area contributed by atoms with E-state index in [4.69, 9.17) is 0 Å². The van der Waals surface area contributed by atoms with Crippen LogP contribution in [0, 0.1) is 6.92 Å². The number of benzene rings is 1. The van der Waals surface area contributed by atoms with Crippen LogP contribution in [0.1, 0.15) is 15.5 Å². The topological polar surface area (TPSA) is 80.7 Å². The highest BCUT2D eigenvalue weighted by molar-refractivity contribution is 7.15. The Morgan fingerprint density at radius 2 is 2.00 bits per heavy atom. The highest BCUT2D eigenvalue weighted by Gasteiger charge is 2.12. The quantitative estimate of drug-likeness (QED) is 0.771. The van der Waals surface area contributed by atoms with Crippen molar-refractivity contribution in [3.8, 4) is 0 Å². The van der Waals surface area contributed by atoms with Gasteiger partial charge in [0.2, 0.25) is 5.82 Å². The minimum absolute atomic E-state index is 0.0338. The number of thiazole rings is 1. The number of carbonyl (C=O) groups is 1. The first-order valence-corrected chi connectivity index (χ1v) is 6.37. The van der Waals surface area contributed by atoms with Crippen LogP contribution in [-0.4, -0.2) is 26.1 Å². The second-order valence-electron chi connectivity index (χ2n) is 3.85. The van der Waals surface area contributed by atoms with Crippen LogP contribution >= 0.6 is 11.3 Å². The lowest BCUT2D eigenvalue weighted by Crippen LogP contribution is -2.16. The molecular weight excluding hydrogens is 262 g/mol. The Kier molecular flexibility index (Phi) is 2.88. The summed E-state index contributed by atoms with van der Waals surface area (Å²) < 4.78 is 0. The van der Waals surface area contributed by atoms with Gasteiger partial charge in [-0.25, -0.2) is 9.97 Å². The minimum atomic E-state index is -0.410. The summed E-state index contributed by atoms with van der Waals surface area (Å²) in [4.78, 5) is 21.2. The van der Waals surface area contributed by atoms with E-state index in [1.807, 2.05) is 19.1 Å². The van der Waals surface area contributed by atoms with Crippen molar-refractivity contribution in [1.29, 1.82) is 0 Å². The predicted molar refractivity (Wildman–Crippen MR) is 72.1 cm³/mol. The van der Waals surface area contributed by atoms with E-state index in [1.54, 1.807) is 18.3 Å². The Bertz CT molecular complexity index is 754. The van der Waals surface area contributed by atoms with Crippen molar-refractivity contribution in [3.05, 3.63) is 41.2 Å². The van der Waals surface area contributed by atoms with Crippen molar-refractivity contribution in [1.82, 2.24) is 20.2 Å². The van der Waals surface area contributed by atoms with Crippen LogP contribution in [0.15, 0.2) is 30.5 Å². The van der Waals surface area contributed by atoms with Gasteiger partial charge in [-0.05, 0) is 19.1 Å². The number of nitrogens with zero attached hydrogens (tertiary/aromatic N) is 4. The van der Waals surface area contributed by atoms with Crippen molar-refractivity contribution >= 4 is 33.4 Å². The summed E-state index contributed by atoms with van der Waals surface area (Å²) in [7, 11) is 0. The summed E-state index contributed by atoms with van der Waals surface area (Å²) in [6, 6.07) is 7.26. The molecule has 0 bridgehead atoms. The Morgan fingerprint density at radius 1 is 1.21 bits per heavy atom. The predicted octanol–water partition coefficient (Wildman–Crippen LogP) is 2.04. The normalized spacial score (nSPS) is 10.6. The number of rotatable bonds is 2. The maximum Gasteiger partial charge on any atom is 0.297 e. The van der Waals surface area contributed by atoms with Gasteiger partial charge < -0.3 is 0 Å². The molecule has 3 aromatic rings. The Labute approximate surface area is 112 Å².